The average molecular weight is 326 g/mol. The third-order valence-electron chi connectivity index (χ3n) is 4.27. The summed E-state index contributed by atoms with van der Waals surface area (Å²) in [6.07, 6.45) is 2.78. The highest BCUT2D eigenvalue weighted by molar-refractivity contribution is 6.31. The predicted molar refractivity (Wildman–Crippen MR) is 84.5 cm³/mol. The summed E-state index contributed by atoms with van der Waals surface area (Å²) in [5, 5.41) is 12.7. The highest BCUT2D eigenvalue weighted by Crippen LogP contribution is 2.42. The van der Waals surface area contributed by atoms with E-state index in [0.717, 1.165) is 18.4 Å². The van der Waals surface area contributed by atoms with Gasteiger partial charge in [0, 0.05) is 17.5 Å². The Morgan fingerprint density at radius 3 is 2.55 bits per heavy atom. The van der Waals surface area contributed by atoms with E-state index in [9.17, 15) is 14.7 Å². The van der Waals surface area contributed by atoms with Crippen LogP contribution < -0.4 is 10.1 Å². The van der Waals surface area contributed by atoms with E-state index in [0.29, 0.717) is 29.3 Å². The van der Waals surface area contributed by atoms with Gasteiger partial charge in [-0.1, -0.05) is 24.4 Å². The van der Waals surface area contributed by atoms with Crippen molar-refractivity contribution in [3.8, 4) is 5.75 Å². The average Bonchev–Trinajstić information content (AvgIpc) is 2.92. The Morgan fingerprint density at radius 1 is 1.36 bits per heavy atom. The minimum Gasteiger partial charge on any atom is -0.495 e. The number of ether oxygens (including phenoxy) is 1. The maximum Gasteiger partial charge on any atom is 0.310 e. The van der Waals surface area contributed by atoms with Crippen LogP contribution in [0.3, 0.4) is 0 Å². The minimum absolute atomic E-state index is 0.0207. The van der Waals surface area contributed by atoms with Crippen LogP contribution in [0.15, 0.2) is 12.1 Å². The van der Waals surface area contributed by atoms with Gasteiger partial charge in [-0.2, -0.15) is 0 Å². The fourth-order valence-corrected chi connectivity index (χ4v) is 3.10. The van der Waals surface area contributed by atoms with Crippen LogP contribution in [0, 0.1) is 12.3 Å². The smallest absolute Gasteiger partial charge is 0.310 e. The number of carboxylic acid groups (broad SMARTS) is 1. The molecule has 2 rings (SSSR count). The van der Waals surface area contributed by atoms with E-state index in [1.54, 1.807) is 12.1 Å². The number of carbonyl (C=O) groups excluding carboxylic acids is 1. The van der Waals surface area contributed by atoms with Gasteiger partial charge in [0.15, 0.2) is 0 Å². The van der Waals surface area contributed by atoms with Crippen LogP contribution in [0.2, 0.25) is 5.02 Å². The fraction of sp³-hybridized carbons (Fsp3) is 0.500. The van der Waals surface area contributed by atoms with Crippen molar-refractivity contribution in [3.63, 3.8) is 0 Å². The van der Waals surface area contributed by atoms with E-state index < -0.39 is 11.4 Å². The van der Waals surface area contributed by atoms with Crippen molar-refractivity contribution in [2.24, 2.45) is 5.41 Å². The first-order valence-corrected chi connectivity index (χ1v) is 7.63. The Labute approximate surface area is 134 Å². The van der Waals surface area contributed by atoms with Gasteiger partial charge in [-0.05, 0) is 31.4 Å². The summed E-state index contributed by atoms with van der Waals surface area (Å²) in [6, 6.07) is 3.36. The Balaban J connectivity index is 2.15. The molecule has 5 nitrogen and oxygen atoms in total. The number of aryl methyl sites for hydroxylation is 1. The molecular weight excluding hydrogens is 306 g/mol. The summed E-state index contributed by atoms with van der Waals surface area (Å²) in [4.78, 5) is 23.8. The normalized spacial score (nSPS) is 16.3. The first kappa shape index (κ1) is 16.6. The summed E-state index contributed by atoms with van der Waals surface area (Å²) in [6.45, 7) is 1.83. The summed E-state index contributed by atoms with van der Waals surface area (Å²) in [7, 11) is 1.49. The number of halogens is 1. The van der Waals surface area contributed by atoms with Crippen LogP contribution in [-0.2, 0) is 9.59 Å². The van der Waals surface area contributed by atoms with Gasteiger partial charge in [0.1, 0.15) is 5.75 Å². The van der Waals surface area contributed by atoms with E-state index in [2.05, 4.69) is 5.32 Å². The summed E-state index contributed by atoms with van der Waals surface area (Å²) < 4.78 is 5.21. The molecule has 22 heavy (non-hydrogen) atoms. The number of carboxylic acids is 1. The topological polar surface area (TPSA) is 75.6 Å². The number of amides is 1. The van der Waals surface area contributed by atoms with E-state index in [-0.39, 0.29) is 12.3 Å². The molecular formula is C16H20ClNO4. The molecule has 0 spiro atoms. The van der Waals surface area contributed by atoms with Crippen LogP contribution in [0.4, 0.5) is 5.69 Å². The lowest BCUT2D eigenvalue weighted by atomic mass is 9.82. The van der Waals surface area contributed by atoms with Crippen molar-refractivity contribution in [1.29, 1.82) is 0 Å². The van der Waals surface area contributed by atoms with Crippen LogP contribution in [0.1, 0.15) is 37.7 Å². The largest absolute Gasteiger partial charge is 0.495 e. The second-order valence-electron chi connectivity index (χ2n) is 5.82. The molecule has 6 heteroatoms. The molecule has 0 aliphatic heterocycles. The minimum atomic E-state index is -0.932. The van der Waals surface area contributed by atoms with Gasteiger partial charge in [0.2, 0.25) is 5.91 Å². The molecule has 1 saturated carbocycles. The van der Waals surface area contributed by atoms with Gasteiger partial charge < -0.3 is 15.2 Å². The number of methoxy groups -OCH3 is 1. The molecule has 1 aliphatic rings. The van der Waals surface area contributed by atoms with Crippen molar-refractivity contribution in [1.82, 2.24) is 0 Å². The first-order valence-electron chi connectivity index (χ1n) is 7.25. The highest BCUT2D eigenvalue weighted by Gasteiger charge is 2.43. The lowest BCUT2D eigenvalue weighted by molar-refractivity contribution is -0.150. The second-order valence-corrected chi connectivity index (χ2v) is 6.23. The molecule has 1 fully saturated rings. The molecule has 1 amide bonds. The van der Waals surface area contributed by atoms with Crippen LogP contribution in [0.5, 0.6) is 5.75 Å². The van der Waals surface area contributed by atoms with E-state index in [4.69, 9.17) is 16.3 Å². The van der Waals surface area contributed by atoms with Crippen molar-refractivity contribution in [2.45, 2.75) is 39.0 Å². The fourth-order valence-electron chi connectivity index (χ4n) is 2.95. The molecule has 120 valence electrons. The Kier molecular flexibility index (Phi) is 4.96. The monoisotopic (exact) mass is 325 g/mol. The predicted octanol–water partition coefficient (Wildman–Crippen LogP) is 3.63. The molecule has 0 saturated heterocycles. The van der Waals surface area contributed by atoms with Gasteiger partial charge in [-0.25, -0.2) is 0 Å². The number of carbonyl (C=O) groups is 2. The standard InChI is InChI=1S/C16H20ClNO4/c1-10-7-12(13(22-2)8-11(10)17)18-14(19)9-16(15(20)21)5-3-4-6-16/h7-8H,3-6,9H2,1-2H3,(H,18,19)(H,20,21). The maximum atomic E-state index is 12.3. The van der Waals surface area contributed by atoms with E-state index >= 15 is 0 Å². The number of nitrogens with one attached hydrogen (secondary N) is 1. The number of anilines is 1. The molecule has 0 atom stereocenters. The van der Waals surface area contributed by atoms with Gasteiger partial charge in [0.05, 0.1) is 18.2 Å². The summed E-state index contributed by atoms with van der Waals surface area (Å²) in [5.41, 5.74) is 0.387. The zero-order valence-electron chi connectivity index (χ0n) is 12.7. The van der Waals surface area contributed by atoms with Crippen molar-refractivity contribution in [3.05, 3.63) is 22.7 Å². The van der Waals surface area contributed by atoms with E-state index in [1.807, 2.05) is 6.92 Å². The summed E-state index contributed by atoms with van der Waals surface area (Å²) >= 11 is 6.03. The number of benzene rings is 1. The van der Waals surface area contributed by atoms with Crippen molar-refractivity contribution in [2.75, 3.05) is 12.4 Å². The number of hydrogen-bond acceptors (Lipinski definition) is 3. The molecule has 0 aromatic heterocycles. The van der Waals surface area contributed by atoms with Gasteiger partial charge >= 0.3 is 5.97 Å². The van der Waals surface area contributed by atoms with Gasteiger partial charge in [0.25, 0.3) is 0 Å². The van der Waals surface area contributed by atoms with Crippen molar-refractivity contribution < 1.29 is 19.4 Å². The van der Waals surface area contributed by atoms with Crippen LogP contribution in [-0.4, -0.2) is 24.1 Å². The highest BCUT2D eigenvalue weighted by atomic mass is 35.5. The van der Waals surface area contributed by atoms with E-state index in [1.165, 1.54) is 7.11 Å². The Hall–Kier alpha value is -1.75. The number of rotatable bonds is 5. The molecule has 1 aromatic rings. The lowest BCUT2D eigenvalue weighted by Gasteiger charge is -2.23. The molecule has 1 aliphatic carbocycles. The zero-order valence-corrected chi connectivity index (χ0v) is 13.5. The van der Waals surface area contributed by atoms with Crippen LogP contribution in [0.25, 0.3) is 0 Å². The Morgan fingerprint density at radius 2 is 2.00 bits per heavy atom. The number of aliphatic carboxylic acids is 1. The number of hydrogen-bond donors (Lipinski definition) is 2. The third kappa shape index (κ3) is 3.35. The first-order chi connectivity index (χ1) is 10.4. The molecule has 2 N–H and O–H groups in total. The van der Waals surface area contributed by atoms with Crippen molar-refractivity contribution >= 4 is 29.2 Å². The van der Waals surface area contributed by atoms with Gasteiger partial charge in [-0.15, -0.1) is 0 Å². The molecule has 0 radical (unpaired) electrons. The molecule has 0 bridgehead atoms. The third-order valence-corrected chi connectivity index (χ3v) is 4.68. The SMILES string of the molecule is COc1cc(Cl)c(C)cc1NC(=O)CC1(C(=O)O)CCCC1. The molecule has 0 heterocycles. The summed E-state index contributed by atoms with van der Waals surface area (Å²) in [5.74, 6) is -0.747. The Bertz CT molecular complexity index is 594. The molecule has 0 unspecified atom stereocenters. The maximum absolute atomic E-state index is 12.3. The lowest BCUT2D eigenvalue weighted by Crippen LogP contribution is -2.32. The molecule has 1 aromatic carbocycles. The van der Waals surface area contributed by atoms with Gasteiger partial charge in [-0.3, -0.25) is 9.59 Å². The zero-order chi connectivity index (χ0) is 16.3. The quantitative estimate of drug-likeness (QED) is 0.866. The second kappa shape index (κ2) is 6.57. The van der Waals surface area contributed by atoms with Crippen LogP contribution >= 0.6 is 11.6 Å².